The Bertz CT molecular complexity index is 858. The van der Waals surface area contributed by atoms with Crippen LogP contribution >= 0.6 is 71.0 Å². The molecule has 11 heteroatoms. The van der Waals surface area contributed by atoms with Gasteiger partial charge in [0.15, 0.2) is 5.69 Å². The van der Waals surface area contributed by atoms with Gasteiger partial charge < -0.3 is 0 Å². The van der Waals surface area contributed by atoms with Crippen molar-refractivity contribution in [2.75, 3.05) is 0 Å². The van der Waals surface area contributed by atoms with Crippen molar-refractivity contribution >= 4 is 75.5 Å². The molecule has 0 saturated carbocycles. The van der Waals surface area contributed by atoms with Crippen LogP contribution < -0.4 is 0 Å². The van der Waals surface area contributed by atoms with Gasteiger partial charge >= 0.3 is 6.18 Å². The zero-order valence-electron chi connectivity index (χ0n) is 11.1. The van der Waals surface area contributed by atoms with Gasteiger partial charge in [0, 0.05) is 5.56 Å². The largest absolute Gasteiger partial charge is 0.416 e. The van der Waals surface area contributed by atoms with Crippen LogP contribution in [0.1, 0.15) is 16.8 Å². The lowest BCUT2D eigenvalue weighted by molar-refractivity contribution is -0.137. The van der Waals surface area contributed by atoms with E-state index in [2.05, 4.69) is 58.0 Å². The molecule has 0 radical (unpaired) electrons. The van der Waals surface area contributed by atoms with E-state index in [0.717, 1.165) is 12.1 Å². The summed E-state index contributed by atoms with van der Waals surface area (Å²) in [4.78, 5) is 0. The van der Waals surface area contributed by atoms with E-state index in [9.17, 15) is 18.4 Å². The molecule has 0 aliphatic heterocycles. The van der Waals surface area contributed by atoms with E-state index < -0.39 is 11.7 Å². The van der Waals surface area contributed by atoms with Gasteiger partial charge in [-0.2, -0.15) is 23.5 Å². The van der Waals surface area contributed by atoms with Crippen LogP contribution in [0.4, 0.5) is 13.2 Å². The van der Waals surface area contributed by atoms with Crippen molar-refractivity contribution in [1.82, 2.24) is 10.2 Å². The molecule has 0 aliphatic rings. The lowest BCUT2D eigenvalue weighted by atomic mass is 10.0. The minimum atomic E-state index is -4.58. The number of nitriles is 1. The second-order valence-corrected chi connectivity index (χ2v) is 8.58. The van der Waals surface area contributed by atoms with Crippen LogP contribution in [-0.4, -0.2) is 10.2 Å². The molecule has 0 bridgehead atoms. The molecule has 1 N–H and O–H groups in total. The smallest absolute Gasteiger partial charge is 0.276 e. The van der Waals surface area contributed by atoms with Gasteiger partial charge in [0.25, 0.3) is 0 Å². The third-order valence-electron chi connectivity index (χ3n) is 2.88. The van der Waals surface area contributed by atoms with Gasteiger partial charge in [-0.3, -0.25) is 5.10 Å². The third kappa shape index (κ3) is 3.83. The van der Waals surface area contributed by atoms with E-state index >= 15 is 0 Å². The molecule has 0 atom stereocenters. The first-order valence-corrected chi connectivity index (χ1v) is 8.97. The van der Waals surface area contributed by atoms with Crippen molar-refractivity contribution in [2.24, 2.45) is 0 Å². The average molecular weight is 569 g/mol. The highest BCUT2D eigenvalue weighted by atomic mass is 79.9. The first kappa shape index (κ1) is 19.8. The Hall–Kier alpha value is -0.530. The highest BCUT2D eigenvalue weighted by molar-refractivity contribution is 9.29. The molecule has 0 fully saturated rings. The van der Waals surface area contributed by atoms with Crippen LogP contribution in [-0.2, 0) is 6.18 Å². The number of aromatic nitrogens is 2. The molecule has 0 amide bonds. The number of H-pyrrole nitrogens is 1. The molecule has 1 aromatic heterocycles. The summed E-state index contributed by atoms with van der Waals surface area (Å²) in [6.45, 7) is 0. The summed E-state index contributed by atoms with van der Waals surface area (Å²) >= 11 is 21.7. The van der Waals surface area contributed by atoms with Crippen molar-refractivity contribution in [3.05, 3.63) is 42.4 Å². The van der Waals surface area contributed by atoms with Crippen LogP contribution in [0.3, 0.4) is 0 Å². The van der Waals surface area contributed by atoms with E-state index in [1.807, 2.05) is 6.07 Å². The van der Waals surface area contributed by atoms with Gasteiger partial charge in [0.1, 0.15) is 6.07 Å². The van der Waals surface area contributed by atoms with Crippen LogP contribution in [0.5, 0.6) is 0 Å². The Morgan fingerprint density at radius 2 is 1.71 bits per heavy atom. The molecule has 0 unspecified atom stereocenters. The van der Waals surface area contributed by atoms with E-state index in [0.29, 0.717) is 13.4 Å². The summed E-state index contributed by atoms with van der Waals surface area (Å²) in [5, 5.41) is 15.1. The SMILES string of the molecule is N#Cc1n[nH]c(-c2c(Cl)cc(C(F)(F)F)cc2Cl)c1C(Br)=C(Br)Br. The number of benzene rings is 1. The standard InChI is InChI=1S/C13H3Br3Cl2F3N3/c14-10(12(15)16)9-7(3-22)23-24-11(9)8-5(17)1-4(2-6(8)18)13(19,20)21/h1-2H,(H,23,24). The van der Waals surface area contributed by atoms with Crippen LogP contribution in [0.15, 0.2) is 15.5 Å². The van der Waals surface area contributed by atoms with Crippen molar-refractivity contribution in [3.63, 3.8) is 0 Å². The minimum Gasteiger partial charge on any atom is -0.276 e. The van der Waals surface area contributed by atoms with Gasteiger partial charge in [0.2, 0.25) is 0 Å². The lowest BCUT2D eigenvalue weighted by Gasteiger charge is -2.12. The Kier molecular flexibility index (Phi) is 6.08. The fourth-order valence-electron chi connectivity index (χ4n) is 1.89. The predicted octanol–water partition coefficient (Wildman–Crippen LogP) is 7.08. The van der Waals surface area contributed by atoms with Gasteiger partial charge in [-0.25, -0.2) is 0 Å². The fraction of sp³-hybridized carbons (Fsp3) is 0.0769. The lowest BCUT2D eigenvalue weighted by Crippen LogP contribution is -2.05. The normalized spacial score (nSPS) is 11.3. The summed E-state index contributed by atoms with van der Waals surface area (Å²) in [6.07, 6.45) is -4.58. The quantitative estimate of drug-likeness (QED) is 0.421. The molecule has 0 aliphatic carbocycles. The molecule has 0 spiro atoms. The molecule has 0 saturated heterocycles. The number of hydrogen-bond donors (Lipinski definition) is 1. The van der Waals surface area contributed by atoms with E-state index in [-0.39, 0.29) is 27.0 Å². The highest BCUT2D eigenvalue weighted by Gasteiger charge is 2.33. The summed E-state index contributed by atoms with van der Waals surface area (Å²) in [6, 6.07) is 3.41. The number of aromatic amines is 1. The molecule has 24 heavy (non-hydrogen) atoms. The molecule has 1 heterocycles. The van der Waals surface area contributed by atoms with Crippen LogP contribution in [0.25, 0.3) is 15.7 Å². The maximum Gasteiger partial charge on any atom is 0.416 e. The Morgan fingerprint density at radius 1 is 1.17 bits per heavy atom. The van der Waals surface area contributed by atoms with E-state index in [1.165, 1.54) is 0 Å². The zero-order valence-corrected chi connectivity index (χ0v) is 17.3. The zero-order chi connectivity index (χ0) is 18.2. The van der Waals surface area contributed by atoms with Crippen molar-refractivity contribution in [2.45, 2.75) is 6.18 Å². The number of nitrogens with zero attached hydrogens (tertiary/aromatic N) is 2. The van der Waals surface area contributed by atoms with Crippen molar-refractivity contribution < 1.29 is 13.2 Å². The number of halogens is 8. The van der Waals surface area contributed by atoms with E-state index in [4.69, 9.17) is 23.2 Å². The average Bonchev–Trinajstić information content (AvgIpc) is 2.88. The Balaban J connectivity index is 2.78. The first-order chi connectivity index (χ1) is 11.1. The van der Waals surface area contributed by atoms with Gasteiger partial charge in [-0.05, 0) is 59.9 Å². The van der Waals surface area contributed by atoms with Gasteiger partial charge in [0.05, 0.1) is 34.7 Å². The molecule has 1 aromatic carbocycles. The van der Waals surface area contributed by atoms with Gasteiger partial charge in [-0.1, -0.05) is 23.2 Å². The first-order valence-electron chi connectivity index (χ1n) is 5.84. The molecular formula is C13H3Br3Cl2F3N3. The summed E-state index contributed by atoms with van der Waals surface area (Å²) in [7, 11) is 0. The summed E-state index contributed by atoms with van der Waals surface area (Å²) in [5.41, 5.74) is -0.351. The molecule has 2 rings (SSSR count). The second-order valence-electron chi connectivity index (χ2n) is 4.32. The van der Waals surface area contributed by atoms with Crippen LogP contribution in [0.2, 0.25) is 10.0 Å². The van der Waals surface area contributed by atoms with E-state index in [1.54, 1.807) is 0 Å². The summed E-state index contributed by atoms with van der Waals surface area (Å²) < 4.78 is 39.4. The number of hydrogen-bond acceptors (Lipinski definition) is 2. The monoisotopic (exact) mass is 565 g/mol. The van der Waals surface area contributed by atoms with Crippen molar-refractivity contribution in [3.8, 4) is 17.3 Å². The van der Waals surface area contributed by atoms with Crippen molar-refractivity contribution in [1.29, 1.82) is 5.26 Å². The Labute approximate surface area is 169 Å². The molecule has 126 valence electrons. The number of nitrogens with one attached hydrogen (secondary N) is 1. The predicted molar refractivity (Wildman–Crippen MR) is 97.5 cm³/mol. The number of alkyl halides is 3. The van der Waals surface area contributed by atoms with Gasteiger partial charge in [-0.15, -0.1) is 0 Å². The third-order valence-corrected chi connectivity index (χ3v) is 6.12. The minimum absolute atomic E-state index is 0.0142. The number of rotatable bonds is 2. The Morgan fingerprint density at radius 3 is 2.12 bits per heavy atom. The van der Waals surface area contributed by atoms with Crippen LogP contribution in [0, 0.1) is 11.3 Å². The molecular weight excluding hydrogens is 566 g/mol. The maximum absolute atomic E-state index is 12.8. The molecule has 3 nitrogen and oxygen atoms in total. The fourth-order valence-corrected chi connectivity index (χ4v) is 3.35. The molecule has 2 aromatic rings. The summed E-state index contributed by atoms with van der Waals surface area (Å²) in [5.74, 6) is 0. The maximum atomic E-state index is 12.8. The second kappa shape index (κ2) is 7.38. The highest BCUT2D eigenvalue weighted by Crippen LogP contribution is 2.45. The topological polar surface area (TPSA) is 52.5 Å².